The van der Waals surface area contributed by atoms with Crippen molar-refractivity contribution in [3.05, 3.63) is 0 Å². The lowest BCUT2D eigenvalue weighted by atomic mass is 10.0. The Morgan fingerprint density at radius 3 is 1.29 bits per heavy atom. The molecule has 0 saturated heterocycles. The lowest BCUT2D eigenvalue weighted by Gasteiger charge is -2.24. The van der Waals surface area contributed by atoms with Gasteiger partial charge in [-0.15, -0.1) is 0 Å². The molecule has 0 aromatic rings. The fourth-order valence-corrected chi connectivity index (χ4v) is 3.74. The van der Waals surface area contributed by atoms with E-state index in [-0.39, 0.29) is 6.42 Å². The summed E-state index contributed by atoms with van der Waals surface area (Å²) < 4.78 is 10.9. The van der Waals surface area contributed by atoms with Crippen LogP contribution >= 0.6 is 0 Å². The molecule has 4 heteroatoms. The molecule has 0 fully saturated rings. The van der Waals surface area contributed by atoms with Crippen LogP contribution in [0.3, 0.4) is 0 Å². The molecule has 0 aromatic heterocycles. The number of ether oxygens (including phenoxy) is 2. The molecule has 0 aliphatic heterocycles. The number of unbranched alkanes of at least 4 members (excludes halogenated alkanes) is 17. The Balaban J connectivity index is 4.28. The number of hydrogen-bond acceptors (Lipinski definition) is 3. The van der Waals surface area contributed by atoms with Gasteiger partial charge in [0.25, 0.3) is 0 Å². The smallest absolute Gasteiger partial charge is 0.391 e. The molecule has 0 aliphatic rings. The Bertz CT molecular complexity index is 562. The van der Waals surface area contributed by atoms with Crippen molar-refractivity contribution in [2.45, 2.75) is 161 Å². The molecule has 0 spiro atoms. The molecular weight excluding hydrogens is 424 g/mol. The molecule has 0 atom stereocenters. The zero-order chi connectivity index (χ0) is 25.2. The quantitative estimate of drug-likeness (QED) is 0.0962. The molecule has 0 aliphatic carbocycles. The first kappa shape index (κ1) is 32.2. The zero-order valence-electron chi connectivity index (χ0n) is 22.5. The number of carbonyl (C=O) groups is 1. The highest BCUT2D eigenvalue weighted by Crippen LogP contribution is 2.23. The second-order valence-electron chi connectivity index (χ2n) is 9.37. The van der Waals surface area contributed by atoms with Crippen LogP contribution in [0.4, 0.5) is 0 Å². The van der Waals surface area contributed by atoms with Crippen LogP contribution in [-0.2, 0) is 14.3 Å². The fraction of sp³-hybridized carbons (Fsp3) is 0.833. The highest BCUT2D eigenvalue weighted by molar-refractivity contribution is 5.76. The Morgan fingerprint density at radius 2 is 0.941 bits per heavy atom. The monoisotopic (exact) mass is 476 g/mol. The molecule has 1 N–H and O–H groups in total. The summed E-state index contributed by atoms with van der Waals surface area (Å²) >= 11 is 0. The van der Waals surface area contributed by atoms with Crippen LogP contribution in [0, 0.1) is 24.1 Å². The number of hydrogen-bond donors (Lipinski definition) is 1. The van der Waals surface area contributed by atoms with Crippen LogP contribution < -0.4 is 0 Å². The second kappa shape index (κ2) is 24.3. The van der Waals surface area contributed by atoms with Crippen LogP contribution in [-0.4, -0.2) is 16.9 Å². The average molecular weight is 477 g/mol. The van der Waals surface area contributed by atoms with Gasteiger partial charge >= 0.3 is 11.8 Å². The van der Waals surface area contributed by atoms with Crippen LogP contribution in [0.5, 0.6) is 0 Å². The van der Waals surface area contributed by atoms with Gasteiger partial charge in [0, 0.05) is 19.3 Å². The first-order valence-electron chi connectivity index (χ1n) is 14.2. The number of rotatable bonds is 22. The molecule has 34 heavy (non-hydrogen) atoms. The van der Waals surface area contributed by atoms with Gasteiger partial charge in [-0.1, -0.05) is 129 Å². The second-order valence-corrected chi connectivity index (χ2v) is 9.37. The third-order valence-electron chi connectivity index (χ3n) is 6.07. The Kier molecular flexibility index (Phi) is 23.0. The molecule has 0 bridgehead atoms. The summed E-state index contributed by atoms with van der Waals surface area (Å²) in [4.78, 5) is 12.0. The van der Waals surface area contributed by atoms with Crippen LogP contribution in [0.25, 0.3) is 0 Å². The molecule has 0 amide bonds. The third-order valence-corrected chi connectivity index (χ3v) is 6.07. The fourth-order valence-electron chi connectivity index (χ4n) is 3.74. The SMILES string of the molecule is CCCCC#COC(CCCCCCCCCCCCCCCC)(OC#CCCCC)C(=O)O. The molecule has 4 nitrogen and oxygen atoms in total. The van der Waals surface area contributed by atoms with Gasteiger partial charge < -0.3 is 14.6 Å². The maximum atomic E-state index is 12.0. The maximum Gasteiger partial charge on any atom is 0.391 e. The van der Waals surface area contributed by atoms with Crippen LogP contribution in [0.2, 0.25) is 0 Å². The lowest BCUT2D eigenvalue weighted by molar-refractivity contribution is -0.202. The Labute approximate surface area is 211 Å². The van der Waals surface area contributed by atoms with Gasteiger partial charge in [-0.25, -0.2) is 4.79 Å². The topological polar surface area (TPSA) is 55.8 Å². The predicted molar refractivity (Wildman–Crippen MR) is 142 cm³/mol. The van der Waals surface area contributed by atoms with E-state index >= 15 is 0 Å². The summed E-state index contributed by atoms with van der Waals surface area (Å²) in [6, 6.07) is 0. The first-order chi connectivity index (χ1) is 16.6. The zero-order valence-corrected chi connectivity index (χ0v) is 22.5. The maximum absolute atomic E-state index is 12.0. The highest BCUT2D eigenvalue weighted by Gasteiger charge is 2.43. The normalized spacial score (nSPS) is 10.7. The summed E-state index contributed by atoms with van der Waals surface area (Å²) in [7, 11) is 0. The van der Waals surface area contributed by atoms with E-state index in [4.69, 9.17) is 9.47 Å². The molecule has 0 rings (SSSR count). The number of carboxylic acid groups (broad SMARTS) is 1. The molecule has 196 valence electrons. The minimum Gasteiger partial charge on any atom is -0.475 e. The van der Waals surface area contributed by atoms with Gasteiger partial charge in [0.2, 0.25) is 0 Å². The summed E-state index contributed by atoms with van der Waals surface area (Å²) in [6.45, 7) is 6.45. The van der Waals surface area contributed by atoms with Gasteiger partial charge in [-0.3, -0.25) is 0 Å². The molecule has 0 aromatic carbocycles. The van der Waals surface area contributed by atoms with E-state index in [1.54, 1.807) is 0 Å². The van der Waals surface area contributed by atoms with Crippen molar-refractivity contribution in [3.63, 3.8) is 0 Å². The predicted octanol–water partition coefficient (Wildman–Crippen LogP) is 8.97. The molecule has 0 saturated carbocycles. The number of carboxylic acids is 1. The molecule has 0 radical (unpaired) electrons. The van der Waals surface area contributed by atoms with E-state index in [1.165, 1.54) is 70.6 Å². The Hall–Kier alpha value is -1.81. The largest absolute Gasteiger partial charge is 0.475 e. The third kappa shape index (κ3) is 18.6. The van der Waals surface area contributed by atoms with E-state index in [2.05, 4.69) is 44.8 Å². The van der Waals surface area contributed by atoms with E-state index < -0.39 is 11.8 Å². The van der Waals surface area contributed by atoms with Crippen molar-refractivity contribution < 1.29 is 19.4 Å². The van der Waals surface area contributed by atoms with Gasteiger partial charge in [0.05, 0.1) is 0 Å². The minimum atomic E-state index is -1.80. The van der Waals surface area contributed by atoms with Crippen LogP contribution in [0.1, 0.15) is 156 Å². The van der Waals surface area contributed by atoms with Gasteiger partial charge in [0.1, 0.15) is 12.2 Å². The highest BCUT2D eigenvalue weighted by atomic mass is 16.7. The summed E-state index contributed by atoms with van der Waals surface area (Å²) in [6.07, 6.45) is 28.3. The van der Waals surface area contributed by atoms with Gasteiger partial charge in [0.15, 0.2) is 0 Å². The first-order valence-corrected chi connectivity index (χ1v) is 14.2. The summed E-state index contributed by atoms with van der Waals surface area (Å²) in [5.41, 5.74) is 0. The van der Waals surface area contributed by atoms with Crippen molar-refractivity contribution in [2.75, 3.05) is 0 Å². The molecule has 0 unspecified atom stereocenters. The van der Waals surface area contributed by atoms with Crippen LogP contribution in [0.15, 0.2) is 0 Å². The van der Waals surface area contributed by atoms with Crippen molar-refractivity contribution in [1.82, 2.24) is 0 Å². The van der Waals surface area contributed by atoms with E-state index in [0.29, 0.717) is 12.8 Å². The molecule has 0 heterocycles. The van der Waals surface area contributed by atoms with Crippen molar-refractivity contribution in [1.29, 1.82) is 0 Å². The van der Waals surface area contributed by atoms with E-state index in [0.717, 1.165) is 44.9 Å². The van der Waals surface area contributed by atoms with Gasteiger partial charge in [-0.2, -0.15) is 0 Å². The van der Waals surface area contributed by atoms with E-state index in [1.807, 2.05) is 0 Å². The summed E-state index contributed by atoms with van der Waals surface area (Å²) in [5.74, 6) is 2.84. The standard InChI is InChI=1S/C30H52O4/c1-4-7-10-13-14-15-16-17-18-19-20-21-22-23-26-30(29(31)32,33-27-24-11-8-5-2)34-28-25-12-9-6-3/h4-23,26H2,1-3H3,(H,31,32). The average Bonchev–Trinajstić information content (AvgIpc) is 2.83. The Morgan fingerprint density at radius 1 is 0.588 bits per heavy atom. The minimum absolute atomic E-state index is 0.255. The van der Waals surface area contributed by atoms with Crippen molar-refractivity contribution in [2.24, 2.45) is 0 Å². The van der Waals surface area contributed by atoms with E-state index in [9.17, 15) is 9.90 Å². The molecular formula is C30H52O4. The lowest BCUT2D eigenvalue weighted by Crippen LogP contribution is -2.42. The summed E-state index contributed by atoms with van der Waals surface area (Å²) in [5, 5.41) is 9.85. The van der Waals surface area contributed by atoms with Crippen molar-refractivity contribution in [3.8, 4) is 24.1 Å². The van der Waals surface area contributed by atoms with Gasteiger partial charge in [-0.05, 0) is 19.3 Å². The van der Waals surface area contributed by atoms with Crippen molar-refractivity contribution >= 4 is 5.97 Å². The number of aliphatic carboxylic acids is 1.